The van der Waals surface area contributed by atoms with Gasteiger partial charge in [-0.05, 0) is 19.7 Å². The largest absolute Gasteiger partial charge is 0.273 e. The monoisotopic (exact) mass is 125 g/mol. The van der Waals surface area contributed by atoms with Gasteiger partial charge in [-0.2, -0.15) is 0 Å². The summed E-state index contributed by atoms with van der Waals surface area (Å²) in [6.45, 7) is 12.8. The summed E-state index contributed by atoms with van der Waals surface area (Å²) in [5.41, 5.74) is 0.993. The molecule has 9 heavy (non-hydrogen) atoms. The number of hydrogen-bond donors (Lipinski definition) is 0. The van der Waals surface area contributed by atoms with Gasteiger partial charge in [0, 0.05) is 6.20 Å². The molecular formula is C8H15N. The molecule has 0 radical (unpaired) electrons. The van der Waals surface area contributed by atoms with E-state index in [1.165, 1.54) is 0 Å². The van der Waals surface area contributed by atoms with E-state index in [4.69, 9.17) is 0 Å². The highest BCUT2D eigenvalue weighted by atomic mass is 14.6. The SMILES string of the molecule is C=N/C=C\C(=C)C.CC. The molecule has 0 aliphatic rings. The maximum absolute atomic E-state index is 3.62. The molecule has 0 aromatic rings. The van der Waals surface area contributed by atoms with Crippen molar-refractivity contribution in [1.82, 2.24) is 0 Å². The van der Waals surface area contributed by atoms with Crippen LogP contribution in [0.15, 0.2) is 29.4 Å². The van der Waals surface area contributed by atoms with Crippen LogP contribution >= 0.6 is 0 Å². The summed E-state index contributed by atoms with van der Waals surface area (Å²) in [4.78, 5) is 3.48. The third-order valence-corrected chi connectivity index (χ3v) is 0.464. The predicted octanol–water partition coefficient (Wildman–Crippen LogP) is 2.80. The second-order valence-electron chi connectivity index (χ2n) is 1.34. The molecule has 0 aliphatic carbocycles. The third-order valence-electron chi connectivity index (χ3n) is 0.464. The average Bonchev–Trinajstić information content (AvgIpc) is 1.88. The highest BCUT2D eigenvalue weighted by Gasteiger charge is 1.66. The van der Waals surface area contributed by atoms with Crippen molar-refractivity contribution in [2.45, 2.75) is 20.8 Å². The fourth-order valence-corrected chi connectivity index (χ4v) is 0.180. The lowest BCUT2D eigenvalue weighted by Gasteiger charge is -1.76. The van der Waals surface area contributed by atoms with E-state index in [1.807, 2.05) is 20.8 Å². The molecule has 0 atom stereocenters. The van der Waals surface area contributed by atoms with Gasteiger partial charge in [0.25, 0.3) is 0 Å². The Kier molecular flexibility index (Phi) is 12.5. The molecule has 0 rings (SSSR count). The molecule has 0 unspecified atom stereocenters. The Bertz CT molecular complexity index is 101. The zero-order valence-corrected chi connectivity index (χ0v) is 6.52. The molecule has 0 aliphatic heterocycles. The van der Waals surface area contributed by atoms with Gasteiger partial charge in [-0.15, -0.1) is 0 Å². The standard InChI is InChI=1S/C6H9N.C2H6/c1-6(2)4-5-7-3;1-2/h4-5H,1,3H2,2H3;1-2H3/b5-4-;. The van der Waals surface area contributed by atoms with Crippen LogP contribution in [0.5, 0.6) is 0 Å². The number of allylic oxidation sites excluding steroid dienone is 2. The Balaban J connectivity index is 0. The highest BCUT2D eigenvalue weighted by molar-refractivity contribution is 5.26. The van der Waals surface area contributed by atoms with Crippen molar-refractivity contribution in [2.75, 3.05) is 0 Å². The molecule has 0 heterocycles. The molecule has 0 spiro atoms. The van der Waals surface area contributed by atoms with Crippen molar-refractivity contribution >= 4 is 6.72 Å². The summed E-state index contributed by atoms with van der Waals surface area (Å²) < 4.78 is 0. The Morgan fingerprint density at radius 3 is 2.00 bits per heavy atom. The van der Waals surface area contributed by atoms with Gasteiger partial charge < -0.3 is 0 Å². The molecule has 0 aromatic carbocycles. The minimum Gasteiger partial charge on any atom is -0.273 e. The van der Waals surface area contributed by atoms with E-state index >= 15 is 0 Å². The van der Waals surface area contributed by atoms with Crippen LogP contribution < -0.4 is 0 Å². The van der Waals surface area contributed by atoms with Gasteiger partial charge in [0.15, 0.2) is 0 Å². The van der Waals surface area contributed by atoms with Gasteiger partial charge in [0.05, 0.1) is 0 Å². The van der Waals surface area contributed by atoms with Gasteiger partial charge in [0.1, 0.15) is 0 Å². The van der Waals surface area contributed by atoms with E-state index in [0.29, 0.717) is 0 Å². The zero-order chi connectivity index (χ0) is 7.70. The maximum atomic E-state index is 3.62. The van der Waals surface area contributed by atoms with Gasteiger partial charge in [-0.3, -0.25) is 4.99 Å². The van der Waals surface area contributed by atoms with Gasteiger partial charge in [0.2, 0.25) is 0 Å². The quantitative estimate of drug-likeness (QED) is 0.397. The lowest BCUT2D eigenvalue weighted by atomic mass is 10.3. The van der Waals surface area contributed by atoms with Crippen LogP contribution in [0.4, 0.5) is 0 Å². The van der Waals surface area contributed by atoms with E-state index in [0.717, 1.165) is 5.57 Å². The van der Waals surface area contributed by atoms with Crippen LogP contribution in [0.3, 0.4) is 0 Å². The molecule has 0 saturated heterocycles. The predicted molar refractivity (Wildman–Crippen MR) is 44.9 cm³/mol. The molecule has 0 saturated carbocycles. The Labute approximate surface area is 57.8 Å². The fraction of sp³-hybridized carbons (Fsp3) is 0.375. The first-order chi connectivity index (χ1) is 4.27. The number of hydrogen-bond acceptors (Lipinski definition) is 1. The van der Waals surface area contributed by atoms with Crippen LogP contribution in [0, 0.1) is 0 Å². The average molecular weight is 125 g/mol. The van der Waals surface area contributed by atoms with Crippen LogP contribution in [-0.4, -0.2) is 6.72 Å². The Morgan fingerprint density at radius 1 is 1.44 bits per heavy atom. The molecule has 1 heteroatoms. The number of aliphatic imine (C=N–C) groups is 1. The highest BCUT2D eigenvalue weighted by Crippen LogP contribution is 1.86. The Hall–Kier alpha value is -0.850. The van der Waals surface area contributed by atoms with E-state index in [2.05, 4.69) is 18.3 Å². The van der Waals surface area contributed by atoms with Crippen molar-refractivity contribution in [1.29, 1.82) is 0 Å². The molecule has 0 bridgehead atoms. The molecule has 0 aromatic heterocycles. The zero-order valence-electron chi connectivity index (χ0n) is 6.52. The van der Waals surface area contributed by atoms with Crippen LogP contribution in [0.2, 0.25) is 0 Å². The number of rotatable bonds is 2. The first kappa shape index (κ1) is 11.0. The summed E-state index contributed by atoms with van der Waals surface area (Å²) in [5.74, 6) is 0. The van der Waals surface area contributed by atoms with E-state index in [9.17, 15) is 0 Å². The third kappa shape index (κ3) is 19.1. The summed E-state index contributed by atoms with van der Waals surface area (Å²) >= 11 is 0. The molecular weight excluding hydrogens is 110 g/mol. The molecule has 1 nitrogen and oxygen atoms in total. The fourth-order valence-electron chi connectivity index (χ4n) is 0.180. The summed E-state index contributed by atoms with van der Waals surface area (Å²) in [7, 11) is 0. The van der Waals surface area contributed by atoms with Crippen molar-refractivity contribution in [2.24, 2.45) is 4.99 Å². The van der Waals surface area contributed by atoms with Crippen LogP contribution in [0.25, 0.3) is 0 Å². The minimum atomic E-state index is 0.993. The van der Waals surface area contributed by atoms with Gasteiger partial charge in [-0.1, -0.05) is 26.0 Å². The van der Waals surface area contributed by atoms with Crippen molar-refractivity contribution in [3.05, 3.63) is 24.4 Å². The summed E-state index contributed by atoms with van der Waals surface area (Å²) in [6, 6.07) is 0. The van der Waals surface area contributed by atoms with E-state index < -0.39 is 0 Å². The van der Waals surface area contributed by atoms with E-state index in [-0.39, 0.29) is 0 Å². The first-order valence-electron chi connectivity index (χ1n) is 3.05. The normalized spacial score (nSPS) is 7.89. The lowest BCUT2D eigenvalue weighted by molar-refractivity contribution is 1.50. The minimum absolute atomic E-state index is 0.993. The second kappa shape index (κ2) is 10.2. The first-order valence-corrected chi connectivity index (χ1v) is 3.05. The molecule has 0 fully saturated rings. The van der Waals surface area contributed by atoms with Crippen LogP contribution in [0.1, 0.15) is 20.8 Å². The smallest absolute Gasteiger partial charge is 0.0262 e. The molecule has 0 amide bonds. The van der Waals surface area contributed by atoms with Crippen molar-refractivity contribution in [3.8, 4) is 0 Å². The Morgan fingerprint density at radius 2 is 1.89 bits per heavy atom. The lowest BCUT2D eigenvalue weighted by Crippen LogP contribution is -1.56. The van der Waals surface area contributed by atoms with Crippen LogP contribution in [-0.2, 0) is 0 Å². The summed E-state index contributed by atoms with van der Waals surface area (Å²) in [5, 5.41) is 0. The van der Waals surface area contributed by atoms with Crippen molar-refractivity contribution in [3.63, 3.8) is 0 Å². The van der Waals surface area contributed by atoms with E-state index in [1.54, 1.807) is 12.3 Å². The topological polar surface area (TPSA) is 12.4 Å². The van der Waals surface area contributed by atoms with Gasteiger partial charge >= 0.3 is 0 Å². The number of nitrogens with zero attached hydrogens (tertiary/aromatic N) is 1. The van der Waals surface area contributed by atoms with Crippen molar-refractivity contribution < 1.29 is 0 Å². The molecule has 52 valence electrons. The molecule has 0 N–H and O–H groups in total. The van der Waals surface area contributed by atoms with Gasteiger partial charge in [-0.25, -0.2) is 0 Å². The summed E-state index contributed by atoms with van der Waals surface area (Å²) in [6.07, 6.45) is 3.41. The maximum Gasteiger partial charge on any atom is 0.0262 e. The second-order valence-corrected chi connectivity index (χ2v) is 1.34.